The van der Waals surface area contributed by atoms with E-state index < -0.39 is 0 Å². The summed E-state index contributed by atoms with van der Waals surface area (Å²) in [5, 5.41) is 5.34. The molecule has 94 valence electrons. The molecule has 1 aliphatic heterocycles. The molecule has 1 aromatic carbocycles. The third-order valence-electron chi connectivity index (χ3n) is 3.41. The highest BCUT2D eigenvalue weighted by Crippen LogP contribution is 2.19. The lowest BCUT2D eigenvalue weighted by molar-refractivity contribution is 0.385. The Bertz CT molecular complexity index is 562. The van der Waals surface area contributed by atoms with Crippen LogP contribution in [-0.2, 0) is 19.4 Å². The number of fused-ring (bicyclic) bond motifs is 1. The Morgan fingerprint density at radius 2 is 2.33 bits per heavy atom. The zero-order valence-corrected chi connectivity index (χ0v) is 11.2. The average Bonchev–Trinajstić information content (AvgIpc) is 2.70. The molecule has 0 aliphatic carbocycles. The van der Waals surface area contributed by atoms with Crippen molar-refractivity contribution in [3.05, 3.63) is 46.5 Å². The fourth-order valence-electron chi connectivity index (χ4n) is 2.42. The van der Waals surface area contributed by atoms with Crippen molar-refractivity contribution in [2.75, 3.05) is 0 Å². The van der Waals surface area contributed by atoms with Gasteiger partial charge in [-0.05, 0) is 30.0 Å². The molecule has 0 spiro atoms. The van der Waals surface area contributed by atoms with E-state index >= 15 is 0 Å². The topological polar surface area (TPSA) is 30.7 Å². The van der Waals surface area contributed by atoms with Gasteiger partial charge in [-0.1, -0.05) is 30.7 Å². The normalized spacial score (nSPS) is 18.7. The summed E-state index contributed by atoms with van der Waals surface area (Å²) in [5.41, 5.74) is 1.17. The van der Waals surface area contributed by atoms with Crippen LogP contribution in [0.25, 0.3) is 0 Å². The van der Waals surface area contributed by atoms with E-state index in [0.717, 1.165) is 42.0 Å². The van der Waals surface area contributed by atoms with E-state index in [1.54, 1.807) is 0 Å². The Labute approximate surface area is 112 Å². The van der Waals surface area contributed by atoms with Crippen LogP contribution in [0.2, 0.25) is 5.02 Å². The molecule has 18 heavy (non-hydrogen) atoms. The van der Waals surface area contributed by atoms with Gasteiger partial charge in [0.15, 0.2) is 5.82 Å². The molecular weight excluding hydrogens is 246 g/mol. The van der Waals surface area contributed by atoms with Gasteiger partial charge in [0.05, 0.1) is 0 Å². The van der Waals surface area contributed by atoms with Crippen molar-refractivity contribution in [1.29, 1.82) is 0 Å². The van der Waals surface area contributed by atoms with Crippen molar-refractivity contribution in [3.63, 3.8) is 0 Å². The van der Waals surface area contributed by atoms with E-state index in [1.165, 1.54) is 12.0 Å². The molecule has 1 aliphatic rings. The zero-order valence-electron chi connectivity index (χ0n) is 10.4. The van der Waals surface area contributed by atoms with Gasteiger partial charge in [-0.15, -0.1) is 0 Å². The van der Waals surface area contributed by atoms with Gasteiger partial charge in [0.1, 0.15) is 5.82 Å². The SMILES string of the molecule is CC1CCn2nc(Cc3cccc(Cl)c3)nc2C1. The van der Waals surface area contributed by atoms with E-state index in [1.807, 2.05) is 18.2 Å². The summed E-state index contributed by atoms with van der Waals surface area (Å²) in [6, 6.07) is 7.90. The maximum Gasteiger partial charge on any atom is 0.155 e. The van der Waals surface area contributed by atoms with Crippen LogP contribution in [0.15, 0.2) is 24.3 Å². The van der Waals surface area contributed by atoms with E-state index in [9.17, 15) is 0 Å². The standard InChI is InChI=1S/C14H16ClN3/c1-10-5-6-18-14(7-10)16-13(17-18)9-11-3-2-4-12(15)8-11/h2-4,8,10H,5-7,9H2,1H3. The first-order valence-electron chi connectivity index (χ1n) is 6.38. The van der Waals surface area contributed by atoms with Crippen LogP contribution < -0.4 is 0 Å². The summed E-state index contributed by atoms with van der Waals surface area (Å²) < 4.78 is 2.06. The molecule has 0 bridgehead atoms. The van der Waals surface area contributed by atoms with Gasteiger partial charge in [-0.25, -0.2) is 9.67 Å². The van der Waals surface area contributed by atoms with Crippen LogP contribution in [0.1, 0.15) is 30.6 Å². The molecule has 2 aromatic rings. The number of benzene rings is 1. The van der Waals surface area contributed by atoms with Crippen molar-refractivity contribution < 1.29 is 0 Å². The Balaban J connectivity index is 1.82. The Kier molecular flexibility index (Phi) is 3.08. The summed E-state index contributed by atoms with van der Waals surface area (Å²) >= 11 is 5.99. The molecule has 4 heteroatoms. The lowest BCUT2D eigenvalue weighted by atomic mass is 10.0. The fourth-order valence-corrected chi connectivity index (χ4v) is 2.63. The summed E-state index contributed by atoms with van der Waals surface area (Å²) in [4.78, 5) is 4.63. The molecular formula is C14H16ClN3. The highest BCUT2D eigenvalue weighted by molar-refractivity contribution is 6.30. The van der Waals surface area contributed by atoms with Crippen molar-refractivity contribution >= 4 is 11.6 Å². The molecule has 0 saturated carbocycles. The van der Waals surface area contributed by atoms with Crippen molar-refractivity contribution in [1.82, 2.24) is 14.8 Å². The van der Waals surface area contributed by atoms with Crippen molar-refractivity contribution in [2.45, 2.75) is 32.7 Å². The first kappa shape index (κ1) is 11.7. The second kappa shape index (κ2) is 4.73. The Morgan fingerprint density at radius 1 is 1.44 bits per heavy atom. The number of nitrogens with zero attached hydrogens (tertiary/aromatic N) is 3. The molecule has 0 saturated heterocycles. The van der Waals surface area contributed by atoms with E-state index in [4.69, 9.17) is 11.6 Å². The second-order valence-electron chi connectivity index (χ2n) is 5.07. The summed E-state index contributed by atoms with van der Waals surface area (Å²) in [5.74, 6) is 2.76. The second-order valence-corrected chi connectivity index (χ2v) is 5.51. The molecule has 1 atom stereocenters. The van der Waals surface area contributed by atoms with Gasteiger partial charge < -0.3 is 0 Å². The van der Waals surface area contributed by atoms with Gasteiger partial charge in [-0.2, -0.15) is 5.10 Å². The highest BCUT2D eigenvalue weighted by atomic mass is 35.5. The minimum atomic E-state index is 0.723. The van der Waals surface area contributed by atoms with E-state index in [-0.39, 0.29) is 0 Å². The minimum Gasteiger partial charge on any atom is -0.250 e. The largest absolute Gasteiger partial charge is 0.250 e. The Hall–Kier alpha value is -1.35. The number of rotatable bonds is 2. The third-order valence-corrected chi connectivity index (χ3v) is 3.64. The minimum absolute atomic E-state index is 0.723. The lowest BCUT2D eigenvalue weighted by Crippen LogP contribution is -2.18. The molecule has 3 nitrogen and oxygen atoms in total. The quantitative estimate of drug-likeness (QED) is 0.832. The molecule has 0 radical (unpaired) electrons. The van der Waals surface area contributed by atoms with Crippen molar-refractivity contribution in [2.24, 2.45) is 5.92 Å². The van der Waals surface area contributed by atoms with Crippen molar-refractivity contribution in [3.8, 4) is 0 Å². The van der Waals surface area contributed by atoms with Gasteiger partial charge >= 0.3 is 0 Å². The van der Waals surface area contributed by atoms with Gasteiger partial charge in [0, 0.05) is 24.4 Å². The lowest BCUT2D eigenvalue weighted by Gasteiger charge is -2.17. The first-order valence-corrected chi connectivity index (χ1v) is 6.75. The molecule has 0 amide bonds. The number of aromatic nitrogens is 3. The predicted molar refractivity (Wildman–Crippen MR) is 71.8 cm³/mol. The molecule has 1 aromatic heterocycles. The van der Waals surface area contributed by atoms with Crippen LogP contribution >= 0.6 is 11.6 Å². The summed E-state index contributed by atoms with van der Waals surface area (Å²) in [6.45, 7) is 3.27. The molecule has 0 N–H and O–H groups in total. The monoisotopic (exact) mass is 261 g/mol. The van der Waals surface area contributed by atoms with Gasteiger partial charge in [0.2, 0.25) is 0 Å². The van der Waals surface area contributed by atoms with E-state index in [0.29, 0.717) is 0 Å². The zero-order chi connectivity index (χ0) is 12.5. The molecule has 2 heterocycles. The number of aryl methyl sites for hydroxylation is 1. The van der Waals surface area contributed by atoms with E-state index in [2.05, 4.69) is 27.8 Å². The van der Waals surface area contributed by atoms with Crippen LogP contribution in [0, 0.1) is 5.92 Å². The fraction of sp³-hybridized carbons (Fsp3) is 0.429. The summed E-state index contributed by atoms with van der Waals surface area (Å²) in [6.07, 6.45) is 3.00. The molecule has 1 unspecified atom stereocenters. The maximum absolute atomic E-state index is 5.99. The van der Waals surface area contributed by atoms with Crippen LogP contribution in [0.5, 0.6) is 0 Å². The molecule has 3 rings (SSSR count). The van der Waals surface area contributed by atoms with Crippen LogP contribution in [0.4, 0.5) is 0 Å². The van der Waals surface area contributed by atoms with Crippen LogP contribution in [-0.4, -0.2) is 14.8 Å². The predicted octanol–water partition coefficient (Wildman–Crippen LogP) is 3.10. The molecule has 0 fully saturated rings. The first-order chi connectivity index (χ1) is 8.70. The highest BCUT2D eigenvalue weighted by Gasteiger charge is 2.18. The third kappa shape index (κ3) is 2.41. The average molecular weight is 262 g/mol. The number of hydrogen-bond donors (Lipinski definition) is 0. The maximum atomic E-state index is 5.99. The van der Waals surface area contributed by atoms with Gasteiger partial charge in [-0.3, -0.25) is 0 Å². The van der Waals surface area contributed by atoms with Crippen LogP contribution in [0.3, 0.4) is 0 Å². The number of halogens is 1. The number of hydrogen-bond acceptors (Lipinski definition) is 2. The smallest absolute Gasteiger partial charge is 0.155 e. The van der Waals surface area contributed by atoms with Gasteiger partial charge in [0.25, 0.3) is 0 Å². The Morgan fingerprint density at radius 3 is 3.17 bits per heavy atom. The summed E-state index contributed by atoms with van der Waals surface area (Å²) in [7, 11) is 0.